The van der Waals surface area contributed by atoms with Gasteiger partial charge in [-0.25, -0.2) is 4.98 Å². The molecule has 1 rings (SSSR count). The lowest BCUT2D eigenvalue weighted by Gasteiger charge is -2.06. The lowest BCUT2D eigenvalue weighted by molar-refractivity contribution is 0.772. The summed E-state index contributed by atoms with van der Waals surface area (Å²) in [6, 6.07) is 0. The van der Waals surface area contributed by atoms with E-state index in [9.17, 15) is 0 Å². The molecule has 0 fully saturated rings. The van der Waals surface area contributed by atoms with E-state index in [1.165, 1.54) is 0 Å². The van der Waals surface area contributed by atoms with Gasteiger partial charge in [0, 0.05) is 19.4 Å². The molecule has 0 N–H and O–H groups in total. The molecule has 0 unspecified atom stereocenters. The molecule has 0 saturated heterocycles. The number of aryl methyl sites for hydroxylation is 1. The Morgan fingerprint density at radius 3 is 2.88 bits per heavy atom. The number of rotatable bonds is 5. The Morgan fingerprint density at radius 2 is 2.31 bits per heavy atom. The van der Waals surface area contributed by atoms with E-state index in [1.54, 1.807) is 13.2 Å². The van der Waals surface area contributed by atoms with Crippen molar-refractivity contribution >= 4 is 22.1 Å². The summed E-state index contributed by atoms with van der Waals surface area (Å²) < 4.78 is 2.67. The topological polar surface area (TPSA) is 30.2 Å². The molecular formula is C12H16BrN3. The summed E-state index contributed by atoms with van der Waals surface area (Å²) in [6.45, 7) is 7.47. The first-order valence-corrected chi connectivity index (χ1v) is 5.96. The molecule has 1 aromatic heterocycles. The molecule has 1 heterocycles. The van der Waals surface area contributed by atoms with Crippen LogP contribution < -0.4 is 5.49 Å². The normalized spacial score (nSPS) is 11.5. The molecule has 4 heteroatoms. The third-order valence-electron chi connectivity index (χ3n) is 2.22. The molecule has 86 valence electrons. The Labute approximate surface area is 104 Å². The number of halogens is 1. The van der Waals surface area contributed by atoms with Gasteiger partial charge in [-0.15, -0.1) is 6.58 Å². The smallest absolute Gasteiger partial charge is 0.153 e. The van der Waals surface area contributed by atoms with Crippen LogP contribution >= 0.6 is 15.9 Å². The van der Waals surface area contributed by atoms with Crippen LogP contribution in [0.5, 0.6) is 0 Å². The number of nitrogens with zero attached hydrogens (tertiary/aromatic N) is 3. The first kappa shape index (κ1) is 12.9. The molecule has 16 heavy (non-hydrogen) atoms. The third-order valence-corrected chi connectivity index (χ3v) is 2.60. The lowest BCUT2D eigenvalue weighted by atomic mass is 10.2. The fourth-order valence-electron chi connectivity index (χ4n) is 1.50. The fraction of sp³-hybridized carbons (Fsp3) is 0.333. The monoisotopic (exact) mass is 281 g/mol. The maximum absolute atomic E-state index is 4.44. The Hall–Kier alpha value is -1.16. The van der Waals surface area contributed by atoms with E-state index in [0.717, 1.165) is 35.0 Å². The summed E-state index contributed by atoms with van der Waals surface area (Å²) in [5.41, 5.74) is 1.85. The quantitative estimate of drug-likeness (QED) is 0.603. The molecule has 0 aliphatic rings. The van der Waals surface area contributed by atoms with E-state index in [4.69, 9.17) is 0 Å². The van der Waals surface area contributed by atoms with E-state index in [1.807, 2.05) is 16.8 Å². The van der Waals surface area contributed by atoms with Crippen molar-refractivity contribution in [3.63, 3.8) is 0 Å². The zero-order valence-corrected chi connectivity index (χ0v) is 11.1. The van der Waals surface area contributed by atoms with E-state index < -0.39 is 0 Å². The van der Waals surface area contributed by atoms with Gasteiger partial charge in [0.05, 0.1) is 5.69 Å². The second-order valence-corrected chi connectivity index (χ2v) is 4.14. The number of unbranched alkanes of at least 4 members (excludes halogenated alkanes) is 1. The third kappa shape index (κ3) is 3.17. The highest BCUT2D eigenvalue weighted by Gasteiger charge is 2.03. The highest BCUT2D eigenvalue weighted by Crippen LogP contribution is 2.06. The summed E-state index contributed by atoms with van der Waals surface area (Å²) in [7, 11) is 1.77. The average molecular weight is 282 g/mol. The van der Waals surface area contributed by atoms with Crippen LogP contribution in [-0.4, -0.2) is 16.6 Å². The molecule has 0 aromatic carbocycles. The van der Waals surface area contributed by atoms with Crippen LogP contribution in [0.4, 0.5) is 0 Å². The Morgan fingerprint density at radius 1 is 1.56 bits per heavy atom. The van der Waals surface area contributed by atoms with Gasteiger partial charge in [0.2, 0.25) is 0 Å². The van der Waals surface area contributed by atoms with Gasteiger partial charge in [-0.3, -0.25) is 4.99 Å². The highest BCUT2D eigenvalue weighted by molar-refractivity contribution is 9.10. The predicted octanol–water partition coefficient (Wildman–Crippen LogP) is 2.79. The number of hydrogen-bond acceptors (Lipinski definition) is 2. The molecule has 0 radical (unpaired) electrons. The Bertz CT molecular complexity index is 446. The van der Waals surface area contributed by atoms with Crippen molar-refractivity contribution in [2.75, 3.05) is 7.05 Å². The minimum Gasteiger partial charge on any atom is -0.305 e. The summed E-state index contributed by atoms with van der Waals surface area (Å²) in [5.74, 6) is 0. The molecule has 0 atom stereocenters. The van der Waals surface area contributed by atoms with E-state index in [0.29, 0.717) is 0 Å². The van der Waals surface area contributed by atoms with Crippen LogP contribution in [0, 0.1) is 0 Å². The lowest BCUT2D eigenvalue weighted by Crippen LogP contribution is -2.23. The van der Waals surface area contributed by atoms with Crippen molar-refractivity contribution < 1.29 is 0 Å². The Balaban J connectivity index is 3.11. The predicted molar refractivity (Wildman–Crippen MR) is 70.9 cm³/mol. The largest absolute Gasteiger partial charge is 0.305 e. The number of allylic oxidation sites excluding steroid dienone is 1. The van der Waals surface area contributed by atoms with Crippen LogP contribution in [-0.2, 0) is 6.42 Å². The van der Waals surface area contributed by atoms with Crippen LogP contribution in [0.15, 0.2) is 35.0 Å². The van der Waals surface area contributed by atoms with Crippen molar-refractivity contribution in [1.82, 2.24) is 9.55 Å². The second kappa shape index (κ2) is 6.43. The van der Waals surface area contributed by atoms with Crippen LogP contribution in [0.25, 0.3) is 6.20 Å². The Kier molecular flexibility index (Phi) is 5.19. The van der Waals surface area contributed by atoms with Crippen molar-refractivity contribution in [3.8, 4) is 0 Å². The van der Waals surface area contributed by atoms with Crippen molar-refractivity contribution in [3.05, 3.63) is 41.2 Å². The first-order chi connectivity index (χ1) is 7.72. The minimum absolute atomic E-state index is 0.799. The summed E-state index contributed by atoms with van der Waals surface area (Å²) in [6.07, 6.45) is 8.42. The van der Waals surface area contributed by atoms with E-state index in [2.05, 4.69) is 39.1 Å². The summed E-state index contributed by atoms with van der Waals surface area (Å²) in [5, 5.41) is 0. The van der Waals surface area contributed by atoms with Crippen molar-refractivity contribution in [2.45, 2.75) is 19.3 Å². The van der Waals surface area contributed by atoms with Gasteiger partial charge >= 0.3 is 0 Å². The highest BCUT2D eigenvalue weighted by atomic mass is 79.9. The van der Waals surface area contributed by atoms with E-state index in [-0.39, 0.29) is 0 Å². The number of aromatic nitrogens is 2. The summed E-state index contributed by atoms with van der Waals surface area (Å²) >= 11 is 3.38. The van der Waals surface area contributed by atoms with Crippen LogP contribution in [0.3, 0.4) is 0 Å². The maximum atomic E-state index is 4.44. The standard InChI is InChI=1S/C12H16BrN3/c1-4-6-7-8-10-12(14-3)16(5-2)9-11(13)15-10/h4-5,9H,1-2,6-8H2,3H3. The molecule has 0 aliphatic carbocycles. The van der Waals surface area contributed by atoms with Gasteiger partial charge in [0.15, 0.2) is 5.49 Å². The fourth-order valence-corrected chi connectivity index (χ4v) is 1.93. The van der Waals surface area contributed by atoms with Crippen LogP contribution in [0.2, 0.25) is 0 Å². The zero-order chi connectivity index (χ0) is 12.0. The van der Waals surface area contributed by atoms with Gasteiger partial charge in [-0.05, 0) is 35.2 Å². The van der Waals surface area contributed by atoms with Gasteiger partial charge in [0.25, 0.3) is 0 Å². The van der Waals surface area contributed by atoms with Gasteiger partial charge in [-0.2, -0.15) is 0 Å². The molecule has 0 amide bonds. The van der Waals surface area contributed by atoms with Crippen molar-refractivity contribution in [1.29, 1.82) is 0 Å². The van der Waals surface area contributed by atoms with Gasteiger partial charge < -0.3 is 4.57 Å². The molecule has 1 aromatic rings. The average Bonchev–Trinajstić information content (AvgIpc) is 2.28. The molecule has 0 spiro atoms. The van der Waals surface area contributed by atoms with Gasteiger partial charge in [0.1, 0.15) is 4.60 Å². The first-order valence-electron chi connectivity index (χ1n) is 5.16. The number of hydrogen-bond donors (Lipinski definition) is 0. The van der Waals surface area contributed by atoms with E-state index >= 15 is 0 Å². The molecule has 3 nitrogen and oxygen atoms in total. The SMILES string of the molecule is C=CCCCc1nc(Br)cn(C=C)c1=NC. The molecule has 0 aliphatic heterocycles. The zero-order valence-electron chi connectivity index (χ0n) is 9.49. The minimum atomic E-state index is 0.799. The maximum Gasteiger partial charge on any atom is 0.153 e. The summed E-state index contributed by atoms with van der Waals surface area (Å²) in [4.78, 5) is 8.69. The second-order valence-electron chi connectivity index (χ2n) is 3.33. The molecule has 0 bridgehead atoms. The van der Waals surface area contributed by atoms with Crippen LogP contribution in [0.1, 0.15) is 18.5 Å². The van der Waals surface area contributed by atoms with Crippen molar-refractivity contribution in [2.24, 2.45) is 4.99 Å². The molecular weight excluding hydrogens is 266 g/mol. The van der Waals surface area contributed by atoms with Gasteiger partial charge in [-0.1, -0.05) is 12.7 Å². The molecule has 0 saturated carbocycles.